The van der Waals surface area contributed by atoms with E-state index in [2.05, 4.69) is 78.2 Å². The van der Waals surface area contributed by atoms with Crippen LogP contribution in [0.1, 0.15) is 0 Å². The summed E-state index contributed by atoms with van der Waals surface area (Å²) in [6.07, 6.45) is 0. The summed E-state index contributed by atoms with van der Waals surface area (Å²) in [5.41, 5.74) is 5.11. The van der Waals surface area contributed by atoms with Crippen LogP contribution in [-0.4, -0.2) is 15.3 Å². The summed E-state index contributed by atoms with van der Waals surface area (Å²) >= 11 is 1.78. The maximum absolute atomic E-state index is 5.91. The van der Waals surface area contributed by atoms with Crippen LogP contribution in [0.25, 0.3) is 10.1 Å². The van der Waals surface area contributed by atoms with Crippen molar-refractivity contribution in [2.75, 3.05) is 10.1 Å². The van der Waals surface area contributed by atoms with Crippen LogP contribution < -0.4 is 21.1 Å². The lowest BCUT2D eigenvalue weighted by Gasteiger charge is -2.25. The summed E-state index contributed by atoms with van der Waals surface area (Å²) in [7, 11) is 8.07. The highest BCUT2D eigenvalue weighted by Gasteiger charge is 2.21. The van der Waals surface area contributed by atoms with Crippen LogP contribution in [0.3, 0.4) is 0 Å². The fourth-order valence-electron chi connectivity index (χ4n) is 3.56. The summed E-state index contributed by atoms with van der Waals surface area (Å²) in [4.78, 5) is 2.25. The Morgan fingerprint density at radius 1 is 0.710 bits per heavy atom. The molecule has 0 saturated carbocycles. The van der Waals surface area contributed by atoms with Gasteiger partial charge in [0, 0.05) is 21.5 Å². The molecule has 5 rings (SSSR count). The van der Waals surface area contributed by atoms with Gasteiger partial charge < -0.3 is 10.1 Å². The van der Waals surface area contributed by atoms with Gasteiger partial charge in [-0.05, 0) is 30.3 Å². The Bertz CT molecular complexity index is 1290. The number of anilines is 4. The predicted octanol–water partition coefficient (Wildman–Crippen LogP) is 5.52. The highest BCUT2D eigenvalue weighted by Crippen LogP contribution is 2.45. The molecular weight excluding hydrogens is 394 g/mol. The number of fused-ring (bicyclic) bond motifs is 1. The topological polar surface area (TPSA) is 15.3 Å². The molecular formula is C26H19B2N2S. The van der Waals surface area contributed by atoms with Crippen LogP contribution in [0.4, 0.5) is 22.1 Å². The van der Waals surface area contributed by atoms with E-state index in [1.165, 1.54) is 10.1 Å². The van der Waals surface area contributed by atoms with Gasteiger partial charge in [-0.25, -0.2) is 0 Å². The van der Waals surface area contributed by atoms with Crippen molar-refractivity contribution in [3.8, 4) is 0 Å². The Morgan fingerprint density at radius 3 is 2.10 bits per heavy atom. The van der Waals surface area contributed by atoms with Crippen molar-refractivity contribution >= 4 is 69.7 Å². The molecule has 0 spiro atoms. The standard InChI is InChI=1S/C26H19B2N2S/c27-19-15-17-20(18-16-19)28-30(22-11-5-2-6-12-22)26-25(29-21-9-3-1-4-10-21)23-13-7-8-14-24(23)31-26/h1-18,29H. The van der Waals surface area contributed by atoms with Gasteiger partial charge in [0.25, 0.3) is 7.41 Å². The summed E-state index contributed by atoms with van der Waals surface area (Å²) in [6.45, 7) is 0. The van der Waals surface area contributed by atoms with Crippen molar-refractivity contribution in [3.63, 3.8) is 0 Å². The summed E-state index contributed by atoms with van der Waals surface area (Å²) < 4.78 is 1.24. The Morgan fingerprint density at radius 2 is 1.35 bits per heavy atom. The van der Waals surface area contributed by atoms with Crippen molar-refractivity contribution < 1.29 is 0 Å². The second-order valence-corrected chi connectivity index (χ2v) is 8.30. The van der Waals surface area contributed by atoms with E-state index >= 15 is 0 Å². The second kappa shape index (κ2) is 8.75. The average molecular weight is 413 g/mol. The highest BCUT2D eigenvalue weighted by atomic mass is 32.1. The van der Waals surface area contributed by atoms with Crippen LogP contribution in [0.5, 0.6) is 0 Å². The minimum atomic E-state index is 0.761. The maximum atomic E-state index is 5.91. The first-order valence-electron chi connectivity index (χ1n) is 10.2. The molecule has 0 amide bonds. The van der Waals surface area contributed by atoms with E-state index < -0.39 is 0 Å². The second-order valence-electron chi connectivity index (χ2n) is 7.27. The molecule has 2 nitrogen and oxygen atoms in total. The van der Waals surface area contributed by atoms with Gasteiger partial charge in [-0.2, -0.15) is 0 Å². The molecule has 1 heterocycles. The fraction of sp³-hybridized carbons (Fsp3) is 0. The molecule has 0 saturated heterocycles. The number of rotatable bonds is 6. The van der Waals surface area contributed by atoms with Crippen molar-refractivity contribution in [1.82, 2.24) is 0 Å². The molecule has 0 atom stereocenters. The van der Waals surface area contributed by atoms with Gasteiger partial charge in [0.2, 0.25) is 0 Å². The van der Waals surface area contributed by atoms with Crippen molar-refractivity contribution in [3.05, 3.63) is 109 Å². The molecule has 31 heavy (non-hydrogen) atoms. The number of nitrogens with zero attached hydrogens (tertiary/aromatic N) is 1. The summed E-state index contributed by atoms with van der Waals surface area (Å²) in [6, 6.07) is 37.2. The molecule has 0 aliphatic heterocycles. The lowest BCUT2D eigenvalue weighted by Crippen LogP contribution is -2.32. The monoisotopic (exact) mass is 413 g/mol. The molecule has 3 radical (unpaired) electrons. The van der Waals surface area contributed by atoms with Crippen molar-refractivity contribution in [2.45, 2.75) is 0 Å². The normalized spacial score (nSPS) is 10.7. The van der Waals surface area contributed by atoms with Crippen molar-refractivity contribution in [2.24, 2.45) is 0 Å². The minimum absolute atomic E-state index is 0.761. The Labute approximate surface area is 188 Å². The lowest BCUT2D eigenvalue weighted by molar-refractivity contribution is 1.44. The first-order chi connectivity index (χ1) is 15.3. The molecule has 0 aliphatic carbocycles. The number of benzene rings is 4. The van der Waals surface area contributed by atoms with Gasteiger partial charge in [-0.3, -0.25) is 0 Å². The van der Waals surface area contributed by atoms with E-state index in [0.29, 0.717) is 0 Å². The molecule has 0 aliphatic rings. The first kappa shape index (κ1) is 19.5. The third-order valence-corrected chi connectivity index (χ3v) is 6.26. The van der Waals surface area contributed by atoms with Gasteiger partial charge in [0.15, 0.2) is 0 Å². The van der Waals surface area contributed by atoms with E-state index in [9.17, 15) is 0 Å². The summed E-state index contributed by atoms with van der Waals surface area (Å²) in [5.74, 6) is 0. The fourth-order valence-corrected chi connectivity index (χ4v) is 4.71. The van der Waals surface area contributed by atoms with Crippen LogP contribution in [-0.2, 0) is 0 Å². The number of hydrogen-bond acceptors (Lipinski definition) is 3. The Kier molecular flexibility index (Phi) is 5.51. The van der Waals surface area contributed by atoms with E-state index in [1.54, 1.807) is 11.3 Å². The first-order valence-corrected chi connectivity index (χ1v) is 11.0. The molecule has 1 N–H and O–H groups in total. The smallest absolute Gasteiger partial charge is 0.292 e. The maximum Gasteiger partial charge on any atom is 0.292 e. The average Bonchev–Trinajstić information content (AvgIpc) is 3.18. The molecule has 0 fully saturated rings. The molecule has 0 unspecified atom stereocenters. The van der Waals surface area contributed by atoms with Crippen LogP contribution in [0.2, 0.25) is 0 Å². The number of nitrogens with one attached hydrogen (secondary N) is 1. The quantitative estimate of drug-likeness (QED) is 0.369. The van der Waals surface area contributed by atoms with Crippen LogP contribution >= 0.6 is 11.3 Å². The third-order valence-electron chi connectivity index (χ3n) is 5.09. The van der Waals surface area contributed by atoms with E-state index in [1.807, 2.05) is 48.5 Å². The summed E-state index contributed by atoms with van der Waals surface area (Å²) in [5, 5.41) is 6.01. The van der Waals surface area contributed by atoms with Gasteiger partial charge in [0.1, 0.15) is 12.8 Å². The van der Waals surface area contributed by atoms with Gasteiger partial charge in [-0.15, -0.1) is 11.3 Å². The third kappa shape index (κ3) is 4.23. The molecule has 4 aromatic carbocycles. The number of hydrogen-bond donors (Lipinski definition) is 1. The minimum Gasteiger partial charge on any atom is -0.376 e. The molecule has 5 heteroatoms. The zero-order valence-electron chi connectivity index (χ0n) is 16.9. The Balaban J connectivity index is 1.65. The number of thiophene rings is 1. The predicted molar refractivity (Wildman–Crippen MR) is 137 cm³/mol. The van der Waals surface area contributed by atoms with Crippen molar-refractivity contribution in [1.29, 1.82) is 0 Å². The largest absolute Gasteiger partial charge is 0.376 e. The lowest BCUT2D eigenvalue weighted by atomic mass is 9.78. The van der Waals surface area contributed by atoms with E-state index in [-0.39, 0.29) is 0 Å². The molecule has 5 aromatic rings. The molecule has 145 valence electrons. The molecule has 1 aromatic heterocycles. The van der Waals surface area contributed by atoms with Crippen LogP contribution in [0, 0.1) is 0 Å². The highest BCUT2D eigenvalue weighted by molar-refractivity contribution is 7.24. The zero-order valence-corrected chi connectivity index (χ0v) is 17.7. The zero-order chi connectivity index (χ0) is 21.0. The molecule has 0 bridgehead atoms. The number of para-hydroxylation sites is 2. The van der Waals surface area contributed by atoms with Gasteiger partial charge in [-0.1, -0.05) is 89.8 Å². The van der Waals surface area contributed by atoms with E-state index in [4.69, 9.17) is 7.85 Å². The van der Waals surface area contributed by atoms with Crippen LogP contribution in [0.15, 0.2) is 109 Å². The van der Waals surface area contributed by atoms with E-state index in [0.717, 1.165) is 33.0 Å². The van der Waals surface area contributed by atoms with Gasteiger partial charge in [0.05, 0.1) is 5.69 Å². The van der Waals surface area contributed by atoms with Gasteiger partial charge >= 0.3 is 0 Å². The Hall–Kier alpha value is -3.43. The SMILES string of the molecule is [B]c1ccc([B]N(c2ccccc2)c2sc3ccccc3c2Nc2ccccc2)cc1.